The molecule has 3 N–H and O–H groups in total. The van der Waals surface area contributed by atoms with Crippen LogP contribution in [0, 0.1) is 0 Å². The first-order chi connectivity index (χ1) is 8.48. The Hall–Kier alpha value is -1.66. The third-order valence-electron chi connectivity index (χ3n) is 2.90. The average Bonchev–Trinajstić information content (AvgIpc) is 2.36. The Bertz CT molecular complexity index is 434. The van der Waals surface area contributed by atoms with E-state index < -0.39 is 18.0 Å². The Labute approximate surface area is 105 Å². The highest BCUT2D eigenvalue weighted by Crippen LogP contribution is 2.34. The zero-order valence-corrected chi connectivity index (χ0v) is 10.4. The Kier molecular flexibility index (Phi) is 4.63. The number of carboxylic acid groups (broad SMARTS) is 1. The molecule has 0 radical (unpaired) electrons. The van der Waals surface area contributed by atoms with Crippen LogP contribution in [0.1, 0.15) is 30.9 Å². The third-order valence-corrected chi connectivity index (χ3v) is 2.90. The number of carbonyl (C=O) groups is 1. The zero-order chi connectivity index (χ0) is 13.8. The lowest BCUT2D eigenvalue weighted by Gasteiger charge is -2.27. The minimum absolute atomic E-state index is 0.187. The fourth-order valence-electron chi connectivity index (χ4n) is 1.90. The normalized spacial score (nSPS) is 14.0. The van der Waals surface area contributed by atoms with Crippen LogP contribution < -0.4 is 4.74 Å². The second-order valence-corrected chi connectivity index (χ2v) is 3.96. The maximum absolute atomic E-state index is 10.8. The van der Waals surface area contributed by atoms with Crippen LogP contribution in [0.3, 0.4) is 0 Å². The molecule has 0 saturated heterocycles. The van der Waals surface area contributed by atoms with Crippen molar-refractivity contribution in [1.82, 2.24) is 4.98 Å². The molecule has 0 saturated carbocycles. The third kappa shape index (κ3) is 2.77. The molecule has 1 rings (SSSR count). The Balaban J connectivity index is 3.32. The number of ether oxygens (including phenoxy) is 1. The van der Waals surface area contributed by atoms with Crippen molar-refractivity contribution in [2.45, 2.75) is 32.0 Å². The zero-order valence-electron chi connectivity index (χ0n) is 10.4. The lowest BCUT2D eigenvalue weighted by molar-refractivity contribution is -0.143. The van der Waals surface area contributed by atoms with Crippen molar-refractivity contribution in [2.24, 2.45) is 0 Å². The van der Waals surface area contributed by atoms with Crippen LogP contribution in [0.2, 0.25) is 0 Å². The number of rotatable bonds is 6. The van der Waals surface area contributed by atoms with E-state index >= 15 is 0 Å². The van der Waals surface area contributed by atoms with Gasteiger partial charge in [-0.05, 0) is 18.1 Å². The predicted molar refractivity (Wildman–Crippen MR) is 63.2 cm³/mol. The quantitative estimate of drug-likeness (QED) is 0.690. The summed E-state index contributed by atoms with van der Waals surface area (Å²) < 4.78 is 4.99. The molecular weight excluding hydrogens is 238 g/mol. The average molecular weight is 255 g/mol. The highest BCUT2D eigenvalue weighted by atomic mass is 16.5. The maximum Gasteiger partial charge on any atom is 0.306 e. The first-order valence-electron chi connectivity index (χ1n) is 5.56. The molecule has 1 atom stereocenters. The molecule has 18 heavy (non-hydrogen) atoms. The molecule has 0 aliphatic rings. The van der Waals surface area contributed by atoms with Gasteiger partial charge in [0.25, 0.3) is 0 Å². The molecule has 6 nitrogen and oxygen atoms in total. The first kappa shape index (κ1) is 14.4. The lowest BCUT2D eigenvalue weighted by atomic mass is 9.85. The number of methoxy groups -OCH3 is 1. The van der Waals surface area contributed by atoms with E-state index in [1.54, 1.807) is 6.92 Å². The molecule has 0 bridgehead atoms. The number of hydrogen-bond donors (Lipinski definition) is 3. The summed E-state index contributed by atoms with van der Waals surface area (Å²) in [5, 5.41) is 28.6. The maximum atomic E-state index is 10.8. The number of aliphatic carboxylic acids is 1. The molecule has 100 valence electrons. The smallest absolute Gasteiger partial charge is 0.306 e. The van der Waals surface area contributed by atoms with Gasteiger partial charge in [-0.2, -0.15) is 0 Å². The van der Waals surface area contributed by atoms with E-state index in [4.69, 9.17) is 9.84 Å². The molecule has 0 amide bonds. The van der Waals surface area contributed by atoms with E-state index in [0.29, 0.717) is 11.1 Å². The van der Waals surface area contributed by atoms with Crippen molar-refractivity contribution in [1.29, 1.82) is 0 Å². The van der Waals surface area contributed by atoms with Crippen molar-refractivity contribution >= 4 is 5.97 Å². The lowest BCUT2D eigenvalue weighted by Crippen LogP contribution is -2.30. The molecular formula is C12H17NO5. The molecule has 0 aliphatic carbocycles. The predicted octanol–water partition coefficient (Wildman–Crippen LogP) is 0.655. The highest BCUT2D eigenvalue weighted by Gasteiger charge is 2.33. The van der Waals surface area contributed by atoms with Gasteiger partial charge < -0.3 is 20.1 Å². The van der Waals surface area contributed by atoms with Gasteiger partial charge in [-0.1, -0.05) is 6.92 Å². The SMILES string of the molecule is CCC(O)(CC(=O)O)c1ccnc(OC)c1CO. The summed E-state index contributed by atoms with van der Waals surface area (Å²) in [6.45, 7) is 1.30. The number of aliphatic hydroxyl groups is 2. The van der Waals surface area contributed by atoms with Crippen molar-refractivity contribution in [2.75, 3.05) is 7.11 Å². The van der Waals surface area contributed by atoms with Crippen LogP contribution in [0.15, 0.2) is 12.3 Å². The molecule has 0 fully saturated rings. The summed E-state index contributed by atoms with van der Waals surface area (Å²) in [6, 6.07) is 1.50. The van der Waals surface area contributed by atoms with Gasteiger partial charge >= 0.3 is 5.97 Å². The minimum atomic E-state index is -1.54. The van der Waals surface area contributed by atoms with Gasteiger partial charge in [0.2, 0.25) is 5.88 Å². The fraction of sp³-hybridized carbons (Fsp3) is 0.500. The van der Waals surface area contributed by atoms with Crippen LogP contribution in [0.4, 0.5) is 0 Å². The number of aromatic nitrogens is 1. The second-order valence-electron chi connectivity index (χ2n) is 3.96. The second kappa shape index (κ2) is 5.79. The summed E-state index contributed by atoms with van der Waals surface area (Å²) in [5.74, 6) is -0.925. The van der Waals surface area contributed by atoms with Crippen molar-refractivity contribution in [3.05, 3.63) is 23.4 Å². The standard InChI is InChI=1S/C12H17NO5/c1-3-12(17,6-10(15)16)9-4-5-13-11(18-2)8(9)7-14/h4-5,14,17H,3,6-7H2,1-2H3,(H,15,16). The van der Waals surface area contributed by atoms with Crippen LogP contribution in [-0.4, -0.2) is 33.4 Å². The Morgan fingerprint density at radius 3 is 2.67 bits per heavy atom. The van der Waals surface area contributed by atoms with Gasteiger partial charge in [0.15, 0.2) is 0 Å². The van der Waals surface area contributed by atoms with Crippen LogP contribution in [0.25, 0.3) is 0 Å². The largest absolute Gasteiger partial charge is 0.481 e. The molecule has 1 unspecified atom stereocenters. The van der Waals surface area contributed by atoms with Gasteiger partial charge in [-0.25, -0.2) is 4.98 Å². The van der Waals surface area contributed by atoms with E-state index in [9.17, 15) is 15.0 Å². The molecule has 0 aromatic carbocycles. The topological polar surface area (TPSA) is 99.9 Å². The van der Waals surface area contributed by atoms with Crippen LogP contribution in [0.5, 0.6) is 5.88 Å². The summed E-state index contributed by atoms with van der Waals surface area (Å²) in [7, 11) is 1.40. The van der Waals surface area contributed by atoms with Gasteiger partial charge in [0.05, 0.1) is 20.1 Å². The molecule has 1 heterocycles. The van der Waals surface area contributed by atoms with E-state index in [1.807, 2.05) is 0 Å². The number of hydrogen-bond acceptors (Lipinski definition) is 5. The first-order valence-corrected chi connectivity index (χ1v) is 5.56. The van der Waals surface area contributed by atoms with Crippen LogP contribution in [-0.2, 0) is 17.0 Å². The van der Waals surface area contributed by atoms with Gasteiger partial charge in [0.1, 0.15) is 5.60 Å². The Morgan fingerprint density at radius 2 is 2.22 bits per heavy atom. The molecule has 0 spiro atoms. The van der Waals surface area contributed by atoms with Gasteiger partial charge in [-0.3, -0.25) is 4.79 Å². The summed E-state index contributed by atoms with van der Waals surface area (Å²) in [5.41, 5.74) is -0.896. The highest BCUT2D eigenvalue weighted by molar-refractivity contribution is 5.68. The Morgan fingerprint density at radius 1 is 1.56 bits per heavy atom. The van der Waals surface area contributed by atoms with Gasteiger partial charge in [0, 0.05) is 11.8 Å². The van der Waals surface area contributed by atoms with Crippen LogP contribution >= 0.6 is 0 Å². The van der Waals surface area contributed by atoms with E-state index in [0.717, 1.165) is 0 Å². The number of carboxylic acids is 1. The summed E-state index contributed by atoms with van der Waals surface area (Å²) >= 11 is 0. The molecule has 1 aromatic heterocycles. The molecule has 1 aromatic rings. The van der Waals surface area contributed by atoms with E-state index in [1.165, 1.54) is 19.4 Å². The van der Waals surface area contributed by atoms with E-state index in [-0.39, 0.29) is 18.9 Å². The van der Waals surface area contributed by atoms with Crippen molar-refractivity contribution in [3.63, 3.8) is 0 Å². The summed E-state index contributed by atoms with van der Waals surface area (Å²) in [4.78, 5) is 14.7. The van der Waals surface area contributed by atoms with Gasteiger partial charge in [-0.15, -0.1) is 0 Å². The molecule has 0 aliphatic heterocycles. The summed E-state index contributed by atoms with van der Waals surface area (Å²) in [6.07, 6.45) is 1.18. The number of pyridine rings is 1. The van der Waals surface area contributed by atoms with E-state index in [2.05, 4.69) is 4.98 Å². The van der Waals surface area contributed by atoms with Crippen molar-refractivity contribution in [3.8, 4) is 5.88 Å². The fourth-order valence-corrected chi connectivity index (χ4v) is 1.90. The monoisotopic (exact) mass is 255 g/mol. The minimum Gasteiger partial charge on any atom is -0.481 e. The number of nitrogens with zero attached hydrogens (tertiary/aromatic N) is 1. The van der Waals surface area contributed by atoms with Crippen molar-refractivity contribution < 1.29 is 24.9 Å². The number of aliphatic hydroxyl groups excluding tert-OH is 1. The molecule has 6 heteroatoms.